The van der Waals surface area contributed by atoms with Crippen molar-refractivity contribution in [3.63, 3.8) is 0 Å². The van der Waals surface area contributed by atoms with Crippen LogP contribution in [0.15, 0.2) is 41.3 Å². The number of amides is 1. The van der Waals surface area contributed by atoms with Gasteiger partial charge in [0.25, 0.3) is 0 Å². The molecule has 0 radical (unpaired) electrons. The van der Waals surface area contributed by atoms with E-state index in [-0.39, 0.29) is 9.93 Å². The highest BCUT2D eigenvalue weighted by atomic mass is 32.2. The zero-order chi connectivity index (χ0) is 24.5. The van der Waals surface area contributed by atoms with E-state index in [2.05, 4.69) is 43.9 Å². The number of hydrogen-bond donors (Lipinski definition) is 2. The molecule has 2 rings (SSSR count). The van der Waals surface area contributed by atoms with Crippen molar-refractivity contribution < 1.29 is 22.4 Å². The molecule has 1 aliphatic rings. The molecule has 0 heterocycles. The molecular weight excluding hydrogens is 444 g/mol. The zero-order valence-electron chi connectivity index (χ0n) is 20.6. The summed E-state index contributed by atoms with van der Waals surface area (Å²) < 4.78 is 40.6. The fourth-order valence-corrected chi connectivity index (χ4v) is 5.47. The van der Waals surface area contributed by atoms with E-state index in [1.165, 1.54) is 0 Å². The quantitative estimate of drug-likeness (QED) is 0.460. The first kappa shape index (κ1) is 26.6. The molecule has 9 heteroatoms. The van der Waals surface area contributed by atoms with Crippen LogP contribution in [0.1, 0.15) is 47.1 Å². The van der Waals surface area contributed by atoms with Gasteiger partial charge >= 0.3 is 6.09 Å². The van der Waals surface area contributed by atoms with E-state index >= 15 is 0 Å². The first-order chi connectivity index (χ1) is 14.4. The van der Waals surface area contributed by atoms with Gasteiger partial charge in [-0.2, -0.15) is 0 Å². The summed E-state index contributed by atoms with van der Waals surface area (Å²) in [5, 5.41) is 2.79. The molecule has 7 nitrogen and oxygen atoms in total. The summed E-state index contributed by atoms with van der Waals surface area (Å²) >= 11 is 0. The molecule has 1 amide bonds. The predicted octanol–water partition coefficient (Wildman–Crippen LogP) is 4.50. The van der Waals surface area contributed by atoms with Crippen LogP contribution in [0.2, 0.25) is 18.1 Å². The Kier molecular flexibility index (Phi) is 7.71. The second kappa shape index (κ2) is 9.28. The number of rotatable bonds is 6. The summed E-state index contributed by atoms with van der Waals surface area (Å²) in [6, 6.07) is 5.31. The average molecular weight is 483 g/mol. The Hall–Kier alpha value is -1.68. The number of carbonyl (C=O) groups is 1. The lowest BCUT2D eigenvalue weighted by atomic mass is 10.1. The smallest absolute Gasteiger partial charge is 0.408 e. The first-order valence-corrected chi connectivity index (χ1v) is 15.3. The highest BCUT2D eigenvalue weighted by Crippen LogP contribution is 2.38. The van der Waals surface area contributed by atoms with Gasteiger partial charge < -0.3 is 14.5 Å². The number of hydrogen-bond acceptors (Lipinski definition) is 5. The number of nitrogens with one attached hydrogen (secondary N) is 2. The average Bonchev–Trinajstić information content (AvgIpc) is 2.93. The van der Waals surface area contributed by atoms with Crippen LogP contribution in [0.3, 0.4) is 0 Å². The maximum atomic E-state index is 13.0. The van der Waals surface area contributed by atoms with Crippen molar-refractivity contribution in [1.82, 2.24) is 10.0 Å². The number of ether oxygens (including phenoxy) is 1. The van der Waals surface area contributed by atoms with Crippen LogP contribution in [-0.2, 0) is 19.2 Å². The van der Waals surface area contributed by atoms with Crippen LogP contribution < -0.4 is 10.0 Å². The molecule has 0 aliphatic heterocycles. The molecule has 0 fully saturated rings. The van der Waals surface area contributed by atoms with Gasteiger partial charge in [-0.25, -0.2) is 17.9 Å². The summed E-state index contributed by atoms with van der Waals surface area (Å²) in [7, 11) is -5.99. The van der Waals surface area contributed by atoms with Gasteiger partial charge in [-0.1, -0.05) is 50.6 Å². The Labute approximate surface area is 194 Å². The van der Waals surface area contributed by atoms with Gasteiger partial charge in [0.05, 0.1) is 23.1 Å². The standard InChI is InChI=1S/C23H38N2O5SSi/c1-16-10-12-17(13-11-16)31(27,28)25-18-14-15-19(30-32(8,9)23(5,6)7)20(18)24-21(26)29-22(2,3)4/h10-15,18-20,25H,1-9H3,(H,24,26)/t18-,19-,20+/m1/s1. The Morgan fingerprint density at radius 2 is 1.56 bits per heavy atom. The lowest BCUT2D eigenvalue weighted by Crippen LogP contribution is -2.57. The van der Waals surface area contributed by atoms with E-state index in [4.69, 9.17) is 9.16 Å². The molecule has 1 aromatic rings. The first-order valence-electron chi connectivity index (χ1n) is 10.9. The zero-order valence-corrected chi connectivity index (χ0v) is 22.5. The molecule has 1 aromatic carbocycles. The van der Waals surface area contributed by atoms with E-state index < -0.39 is 48.2 Å². The van der Waals surface area contributed by atoms with Gasteiger partial charge in [-0.15, -0.1) is 0 Å². The Bertz CT molecular complexity index is 944. The number of sulfonamides is 1. The van der Waals surface area contributed by atoms with Gasteiger partial charge in [-0.05, 0) is 58.0 Å². The molecule has 180 valence electrons. The monoisotopic (exact) mass is 482 g/mol. The highest BCUT2D eigenvalue weighted by molar-refractivity contribution is 7.89. The minimum Gasteiger partial charge on any atom is -0.444 e. The van der Waals surface area contributed by atoms with Crippen molar-refractivity contribution in [1.29, 1.82) is 0 Å². The van der Waals surface area contributed by atoms with Crippen molar-refractivity contribution in [2.75, 3.05) is 0 Å². The molecule has 0 aromatic heterocycles. The van der Waals surface area contributed by atoms with Gasteiger partial charge in [0.1, 0.15) is 5.60 Å². The van der Waals surface area contributed by atoms with Crippen LogP contribution in [0.4, 0.5) is 4.79 Å². The molecule has 32 heavy (non-hydrogen) atoms. The van der Waals surface area contributed by atoms with Gasteiger partial charge in [-0.3, -0.25) is 0 Å². The molecule has 2 N–H and O–H groups in total. The van der Waals surface area contributed by atoms with Crippen LogP contribution in [0, 0.1) is 6.92 Å². The topological polar surface area (TPSA) is 93.7 Å². The highest BCUT2D eigenvalue weighted by Gasteiger charge is 2.44. The summed E-state index contributed by atoms with van der Waals surface area (Å²) in [6.45, 7) is 17.9. The molecule has 0 saturated heterocycles. The second-order valence-corrected chi connectivity index (χ2v) is 17.3. The second-order valence-electron chi connectivity index (χ2n) is 10.9. The molecule has 0 unspecified atom stereocenters. The Balaban J connectivity index is 2.29. The molecule has 0 spiro atoms. The molecule has 3 atom stereocenters. The third-order valence-corrected chi connectivity index (χ3v) is 11.7. The number of alkyl carbamates (subject to hydrolysis) is 1. The lowest BCUT2D eigenvalue weighted by Gasteiger charge is -2.40. The molecule has 0 saturated carbocycles. The van der Waals surface area contributed by atoms with Crippen molar-refractivity contribution in [3.05, 3.63) is 42.0 Å². The van der Waals surface area contributed by atoms with Crippen LogP contribution in [0.25, 0.3) is 0 Å². The fraction of sp³-hybridized carbons (Fsp3) is 0.609. The van der Waals surface area contributed by atoms with E-state index in [1.54, 1.807) is 51.1 Å². The Morgan fingerprint density at radius 3 is 2.06 bits per heavy atom. The van der Waals surface area contributed by atoms with Gasteiger partial charge in [0.2, 0.25) is 10.0 Å². The third kappa shape index (κ3) is 6.91. The summed E-state index contributed by atoms with van der Waals surface area (Å²) in [5.41, 5.74) is 0.292. The lowest BCUT2D eigenvalue weighted by molar-refractivity contribution is 0.0459. The fourth-order valence-electron chi connectivity index (χ4n) is 3.00. The minimum absolute atomic E-state index is 0.0448. The van der Waals surface area contributed by atoms with Crippen LogP contribution in [0.5, 0.6) is 0 Å². The van der Waals surface area contributed by atoms with Crippen molar-refractivity contribution >= 4 is 24.4 Å². The maximum Gasteiger partial charge on any atom is 0.408 e. The SMILES string of the molecule is Cc1ccc(S(=O)(=O)N[C@@H]2C=C[C@@H](O[Si](C)(C)C(C)(C)C)[C@H]2NC(=O)OC(C)(C)C)cc1. The molecule has 0 bridgehead atoms. The molecular formula is C23H38N2O5SSi. The Morgan fingerprint density at radius 1 is 1.00 bits per heavy atom. The van der Waals surface area contributed by atoms with Crippen molar-refractivity contribution in [2.24, 2.45) is 0 Å². The minimum atomic E-state index is -3.80. The van der Waals surface area contributed by atoms with Crippen LogP contribution in [-0.4, -0.2) is 46.6 Å². The van der Waals surface area contributed by atoms with Gasteiger partial charge in [0, 0.05) is 0 Å². The summed E-state index contributed by atoms with van der Waals surface area (Å²) in [4.78, 5) is 12.7. The van der Waals surface area contributed by atoms with Crippen LogP contribution >= 0.6 is 0 Å². The maximum absolute atomic E-state index is 13.0. The number of aryl methyl sites for hydroxylation is 1. The van der Waals surface area contributed by atoms with E-state index in [0.717, 1.165) is 5.56 Å². The summed E-state index contributed by atoms with van der Waals surface area (Å²) in [5.74, 6) is 0. The van der Waals surface area contributed by atoms with Crippen molar-refractivity contribution in [2.45, 2.75) is 95.3 Å². The van der Waals surface area contributed by atoms with E-state index in [1.807, 2.05) is 13.0 Å². The summed E-state index contributed by atoms with van der Waals surface area (Å²) in [6.07, 6.45) is 2.47. The van der Waals surface area contributed by atoms with Crippen molar-refractivity contribution in [3.8, 4) is 0 Å². The number of carbonyl (C=O) groups excluding carboxylic acids is 1. The predicted molar refractivity (Wildman–Crippen MR) is 130 cm³/mol. The third-order valence-electron chi connectivity index (χ3n) is 5.79. The molecule has 1 aliphatic carbocycles. The van der Waals surface area contributed by atoms with Gasteiger partial charge in [0.15, 0.2) is 8.32 Å². The number of benzene rings is 1. The largest absolute Gasteiger partial charge is 0.444 e. The normalized spacial score (nSPS) is 22.1. The van der Waals surface area contributed by atoms with E-state index in [9.17, 15) is 13.2 Å². The van der Waals surface area contributed by atoms with E-state index in [0.29, 0.717) is 0 Å².